The number of likely N-dealkylation sites (tertiary alicyclic amines) is 2. The van der Waals surface area contributed by atoms with Gasteiger partial charge in [-0.2, -0.15) is 0 Å². The lowest BCUT2D eigenvalue weighted by Gasteiger charge is -2.44. The SMILES string of the molecule is C[Si](C)(C)CCOCN1C(=O)CCC(n2c(=O)n3c4c5c(ccc42)C(=O)NC2(CCN(C(=O)OCc4ccccc4)CC2)CN5CC3)C1=O. The van der Waals surface area contributed by atoms with Crippen LogP contribution in [0.3, 0.4) is 0 Å². The van der Waals surface area contributed by atoms with Crippen LogP contribution in [0, 0.1) is 0 Å². The van der Waals surface area contributed by atoms with Crippen molar-refractivity contribution in [3.05, 3.63) is 64.1 Å². The number of rotatable bonds is 8. The van der Waals surface area contributed by atoms with E-state index in [9.17, 15) is 24.0 Å². The Bertz CT molecular complexity index is 1860. The summed E-state index contributed by atoms with van der Waals surface area (Å²) in [5.41, 5.74) is 2.39. The maximum atomic E-state index is 14.0. The summed E-state index contributed by atoms with van der Waals surface area (Å²) >= 11 is 0. The predicted molar refractivity (Wildman–Crippen MR) is 185 cm³/mol. The minimum absolute atomic E-state index is 0.125. The monoisotopic (exact) mass is 688 g/mol. The van der Waals surface area contributed by atoms with Gasteiger partial charge in [0.25, 0.3) is 11.8 Å². The van der Waals surface area contributed by atoms with Gasteiger partial charge in [-0.05, 0) is 43.0 Å². The van der Waals surface area contributed by atoms with Crippen LogP contribution in [0.1, 0.15) is 47.6 Å². The first-order chi connectivity index (χ1) is 23.4. The molecule has 4 aliphatic heterocycles. The second-order valence-electron chi connectivity index (χ2n) is 14.9. The zero-order valence-corrected chi connectivity index (χ0v) is 29.4. The molecule has 1 aromatic heterocycles. The zero-order chi connectivity index (χ0) is 34.5. The molecule has 14 heteroatoms. The number of amides is 4. The second kappa shape index (κ2) is 12.8. The van der Waals surface area contributed by atoms with E-state index < -0.39 is 25.6 Å². The van der Waals surface area contributed by atoms with Crippen LogP contribution in [-0.4, -0.2) is 95.9 Å². The van der Waals surface area contributed by atoms with Gasteiger partial charge in [0, 0.05) is 53.8 Å². The van der Waals surface area contributed by atoms with E-state index in [1.807, 2.05) is 30.3 Å². The van der Waals surface area contributed by atoms with Crippen LogP contribution in [0.5, 0.6) is 0 Å². The van der Waals surface area contributed by atoms with Crippen molar-refractivity contribution in [2.24, 2.45) is 0 Å². The van der Waals surface area contributed by atoms with Crippen LogP contribution in [0.4, 0.5) is 10.5 Å². The molecular formula is C35H44N6O7Si. The summed E-state index contributed by atoms with van der Waals surface area (Å²) in [7, 11) is -1.35. The Kier molecular flexibility index (Phi) is 8.63. The number of benzene rings is 2. The number of piperidine rings is 2. The molecule has 4 aliphatic rings. The summed E-state index contributed by atoms with van der Waals surface area (Å²) in [4.78, 5) is 72.3. The number of nitrogens with one attached hydrogen (secondary N) is 1. The number of imidazole rings is 1. The Hall–Kier alpha value is -4.43. The van der Waals surface area contributed by atoms with Crippen molar-refractivity contribution in [1.29, 1.82) is 0 Å². The van der Waals surface area contributed by atoms with Gasteiger partial charge in [-0.15, -0.1) is 0 Å². The third-order valence-electron chi connectivity index (χ3n) is 10.3. The largest absolute Gasteiger partial charge is 0.445 e. The van der Waals surface area contributed by atoms with Crippen molar-refractivity contribution in [2.45, 2.75) is 76.1 Å². The van der Waals surface area contributed by atoms with Gasteiger partial charge in [-0.3, -0.25) is 28.4 Å². The van der Waals surface area contributed by atoms with E-state index >= 15 is 0 Å². The van der Waals surface area contributed by atoms with Crippen LogP contribution in [0.2, 0.25) is 25.7 Å². The number of hydrogen-bond donors (Lipinski definition) is 1. The molecule has 1 unspecified atom stereocenters. The predicted octanol–water partition coefficient (Wildman–Crippen LogP) is 3.54. The van der Waals surface area contributed by atoms with Crippen molar-refractivity contribution in [3.8, 4) is 0 Å². The molecule has 2 fully saturated rings. The molecule has 2 saturated heterocycles. The Morgan fingerprint density at radius 3 is 2.47 bits per heavy atom. The molecule has 0 saturated carbocycles. The van der Waals surface area contributed by atoms with Crippen molar-refractivity contribution in [3.63, 3.8) is 0 Å². The van der Waals surface area contributed by atoms with Crippen LogP contribution in [0.25, 0.3) is 11.0 Å². The molecule has 1 spiro atoms. The summed E-state index contributed by atoms with van der Waals surface area (Å²) in [5.74, 6) is -0.968. The topological polar surface area (TPSA) is 135 Å². The highest BCUT2D eigenvalue weighted by atomic mass is 28.3. The van der Waals surface area contributed by atoms with E-state index in [1.54, 1.807) is 21.6 Å². The van der Waals surface area contributed by atoms with Crippen LogP contribution in [-0.2, 0) is 32.2 Å². The van der Waals surface area contributed by atoms with Gasteiger partial charge in [0.2, 0.25) is 5.91 Å². The summed E-state index contributed by atoms with van der Waals surface area (Å²) in [5, 5.41) is 3.29. The zero-order valence-electron chi connectivity index (χ0n) is 28.4. The first-order valence-corrected chi connectivity index (χ1v) is 20.9. The first-order valence-electron chi connectivity index (χ1n) is 17.2. The lowest BCUT2D eigenvalue weighted by molar-refractivity contribution is -0.157. The highest BCUT2D eigenvalue weighted by Gasteiger charge is 2.45. The van der Waals surface area contributed by atoms with Crippen LogP contribution >= 0.6 is 0 Å². The molecule has 4 amide bonds. The molecule has 49 heavy (non-hydrogen) atoms. The second-order valence-corrected chi connectivity index (χ2v) is 20.5. The average molecular weight is 689 g/mol. The van der Waals surface area contributed by atoms with E-state index in [0.717, 1.165) is 16.5 Å². The summed E-state index contributed by atoms with van der Waals surface area (Å²) in [6.45, 7) is 9.56. The highest BCUT2D eigenvalue weighted by molar-refractivity contribution is 6.76. The maximum Gasteiger partial charge on any atom is 0.410 e. The molecule has 1 atom stereocenters. The van der Waals surface area contributed by atoms with Gasteiger partial charge in [0.1, 0.15) is 19.4 Å². The number of aromatic nitrogens is 2. The summed E-state index contributed by atoms with van der Waals surface area (Å²) in [6, 6.07) is 13.1. The van der Waals surface area contributed by atoms with E-state index in [4.69, 9.17) is 9.47 Å². The average Bonchev–Trinajstić information content (AvgIpc) is 3.29. The van der Waals surface area contributed by atoms with Gasteiger partial charge in [0.05, 0.1) is 27.8 Å². The molecule has 0 aliphatic carbocycles. The highest BCUT2D eigenvalue weighted by Crippen LogP contribution is 2.40. The quantitative estimate of drug-likeness (QED) is 0.216. The van der Waals surface area contributed by atoms with Gasteiger partial charge in [-0.25, -0.2) is 9.59 Å². The minimum Gasteiger partial charge on any atom is -0.445 e. The summed E-state index contributed by atoms with van der Waals surface area (Å²) < 4.78 is 14.5. The molecular weight excluding hydrogens is 645 g/mol. The van der Waals surface area contributed by atoms with E-state index in [-0.39, 0.29) is 49.8 Å². The number of carbonyl (C=O) groups excluding carboxylic acids is 4. The normalized spacial score (nSPS) is 20.5. The molecule has 2 aromatic carbocycles. The molecule has 0 radical (unpaired) electrons. The van der Waals surface area contributed by atoms with Gasteiger partial charge >= 0.3 is 11.8 Å². The lowest BCUT2D eigenvalue weighted by atomic mass is 9.87. The lowest BCUT2D eigenvalue weighted by Crippen LogP contribution is -2.60. The fourth-order valence-corrected chi connectivity index (χ4v) is 8.27. The molecule has 260 valence electrons. The van der Waals surface area contributed by atoms with Gasteiger partial charge < -0.3 is 24.6 Å². The molecule has 0 bridgehead atoms. The van der Waals surface area contributed by atoms with E-state index in [2.05, 4.69) is 29.9 Å². The molecule has 1 N–H and O–H groups in total. The Morgan fingerprint density at radius 2 is 1.73 bits per heavy atom. The minimum atomic E-state index is -1.35. The number of hydrogen-bond acceptors (Lipinski definition) is 8. The van der Waals surface area contributed by atoms with Crippen LogP contribution < -0.4 is 15.9 Å². The maximum absolute atomic E-state index is 14.0. The van der Waals surface area contributed by atoms with Gasteiger partial charge in [0.15, 0.2) is 0 Å². The Balaban J connectivity index is 1.11. The van der Waals surface area contributed by atoms with Gasteiger partial charge in [-0.1, -0.05) is 50.0 Å². The smallest absolute Gasteiger partial charge is 0.410 e. The Morgan fingerprint density at radius 1 is 0.980 bits per heavy atom. The van der Waals surface area contributed by atoms with Crippen molar-refractivity contribution >= 4 is 48.6 Å². The number of nitrogens with zero attached hydrogens (tertiary/aromatic N) is 5. The molecule has 13 nitrogen and oxygen atoms in total. The molecule has 7 rings (SSSR count). The number of ether oxygens (including phenoxy) is 2. The van der Waals surface area contributed by atoms with Crippen molar-refractivity contribution in [2.75, 3.05) is 44.4 Å². The number of anilines is 1. The molecule has 5 heterocycles. The van der Waals surface area contributed by atoms with E-state index in [0.29, 0.717) is 74.5 Å². The van der Waals surface area contributed by atoms with Crippen molar-refractivity contribution < 1.29 is 28.7 Å². The number of carbonyl (C=O) groups is 4. The Labute approximate surface area is 285 Å². The third kappa shape index (κ3) is 6.27. The number of imide groups is 1. The van der Waals surface area contributed by atoms with Crippen LogP contribution in [0.15, 0.2) is 47.3 Å². The van der Waals surface area contributed by atoms with E-state index in [1.165, 1.54) is 4.57 Å². The molecule has 3 aromatic rings. The fraction of sp³-hybridized carbons (Fsp3) is 0.514. The third-order valence-corrected chi connectivity index (χ3v) is 12.0. The summed E-state index contributed by atoms with van der Waals surface area (Å²) in [6.07, 6.45) is 1.09. The fourth-order valence-electron chi connectivity index (χ4n) is 7.52. The standard InChI is InChI=1S/C35H44N6O7Si/c1-49(2,3)20-19-47-23-40-28(42)12-11-27(32(40)44)41-26-10-9-25-29-30(26)39(33(41)45)18-17-38(29)22-35(36-31(25)43)13-15-37(16-14-35)34(46)48-21-24-7-5-4-6-8-24/h4-10,27H,11-23H2,1-3H3,(H,36,43). The van der Waals surface area contributed by atoms with Crippen molar-refractivity contribution in [1.82, 2.24) is 24.3 Å². The first kappa shape index (κ1) is 33.1.